The highest BCUT2D eigenvalue weighted by molar-refractivity contribution is 5.62. The normalized spacial score (nSPS) is 19.0. The molecule has 1 unspecified atom stereocenters. The molecule has 106 valence electrons. The first-order chi connectivity index (χ1) is 9.24. The van der Waals surface area contributed by atoms with Gasteiger partial charge in [-0.25, -0.2) is 0 Å². The molecule has 0 amide bonds. The number of benzene rings is 1. The van der Waals surface area contributed by atoms with E-state index in [-0.39, 0.29) is 0 Å². The zero-order valence-electron chi connectivity index (χ0n) is 12.1. The Morgan fingerprint density at radius 2 is 2.05 bits per heavy atom. The third kappa shape index (κ3) is 3.53. The molecule has 1 heterocycles. The molecule has 4 nitrogen and oxygen atoms in total. The van der Waals surface area contributed by atoms with Crippen molar-refractivity contribution in [3.8, 4) is 11.5 Å². The molecule has 1 aliphatic heterocycles. The van der Waals surface area contributed by atoms with Crippen LogP contribution in [0.5, 0.6) is 11.5 Å². The fourth-order valence-corrected chi connectivity index (χ4v) is 2.54. The van der Waals surface area contributed by atoms with Crippen LogP contribution in [0.1, 0.15) is 18.4 Å². The summed E-state index contributed by atoms with van der Waals surface area (Å²) in [5.74, 6) is 2.46. The highest BCUT2D eigenvalue weighted by Gasteiger charge is 2.14. The van der Waals surface area contributed by atoms with E-state index in [0.717, 1.165) is 42.4 Å². The van der Waals surface area contributed by atoms with Crippen molar-refractivity contribution in [3.63, 3.8) is 0 Å². The van der Waals surface area contributed by atoms with Gasteiger partial charge >= 0.3 is 0 Å². The number of hydrogen-bond donors (Lipinski definition) is 2. The van der Waals surface area contributed by atoms with Crippen molar-refractivity contribution in [2.75, 3.05) is 39.2 Å². The molecule has 19 heavy (non-hydrogen) atoms. The predicted molar refractivity (Wildman–Crippen MR) is 78.4 cm³/mol. The lowest BCUT2D eigenvalue weighted by Crippen LogP contribution is -2.33. The number of hydrogen-bond acceptors (Lipinski definition) is 4. The van der Waals surface area contributed by atoms with Crippen LogP contribution in [0, 0.1) is 12.8 Å². The molecule has 0 radical (unpaired) electrons. The van der Waals surface area contributed by atoms with Gasteiger partial charge in [-0.15, -0.1) is 0 Å². The molecule has 1 aromatic carbocycles. The molecule has 0 spiro atoms. The van der Waals surface area contributed by atoms with Crippen LogP contribution in [0.25, 0.3) is 0 Å². The minimum absolute atomic E-state index is 0.686. The van der Waals surface area contributed by atoms with Gasteiger partial charge in [-0.3, -0.25) is 0 Å². The third-order valence-corrected chi connectivity index (χ3v) is 3.70. The Morgan fingerprint density at radius 3 is 2.68 bits per heavy atom. The van der Waals surface area contributed by atoms with Crippen LogP contribution < -0.4 is 20.1 Å². The van der Waals surface area contributed by atoms with E-state index in [9.17, 15) is 0 Å². The van der Waals surface area contributed by atoms with Gasteiger partial charge in [0.1, 0.15) is 11.5 Å². The summed E-state index contributed by atoms with van der Waals surface area (Å²) in [5, 5.41) is 6.93. The molecule has 2 rings (SSSR count). The first-order valence-electron chi connectivity index (χ1n) is 6.91. The second-order valence-corrected chi connectivity index (χ2v) is 5.12. The maximum Gasteiger partial charge on any atom is 0.142 e. The number of methoxy groups -OCH3 is 2. The van der Waals surface area contributed by atoms with Gasteiger partial charge in [0.2, 0.25) is 0 Å². The average molecular weight is 264 g/mol. The van der Waals surface area contributed by atoms with Gasteiger partial charge in [0, 0.05) is 12.6 Å². The summed E-state index contributed by atoms with van der Waals surface area (Å²) in [4.78, 5) is 0. The summed E-state index contributed by atoms with van der Waals surface area (Å²) in [5.41, 5.74) is 2.10. The highest BCUT2D eigenvalue weighted by Crippen LogP contribution is 2.32. The Kier molecular flexibility index (Phi) is 4.91. The minimum atomic E-state index is 0.686. The van der Waals surface area contributed by atoms with Gasteiger partial charge in [-0.1, -0.05) is 0 Å². The van der Waals surface area contributed by atoms with Crippen LogP contribution in [-0.4, -0.2) is 33.9 Å². The SMILES string of the molecule is COc1cc(NCC2CCCNC2)c(OC)cc1C. The van der Waals surface area contributed by atoms with Crippen molar-refractivity contribution in [2.45, 2.75) is 19.8 Å². The number of piperidine rings is 1. The van der Waals surface area contributed by atoms with Crippen molar-refractivity contribution < 1.29 is 9.47 Å². The van der Waals surface area contributed by atoms with Gasteiger partial charge in [0.25, 0.3) is 0 Å². The maximum absolute atomic E-state index is 5.43. The smallest absolute Gasteiger partial charge is 0.142 e. The molecule has 1 aliphatic rings. The number of anilines is 1. The molecular formula is C15H24N2O2. The minimum Gasteiger partial charge on any atom is -0.496 e. The standard InChI is InChI=1S/C15H24N2O2/c1-11-7-15(19-3)13(8-14(11)18-2)17-10-12-5-4-6-16-9-12/h7-8,12,16-17H,4-6,9-10H2,1-3H3. The highest BCUT2D eigenvalue weighted by atomic mass is 16.5. The average Bonchev–Trinajstić information content (AvgIpc) is 2.46. The molecule has 0 bridgehead atoms. The molecule has 2 N–H and O–H groups in total. The molecule has 0 aliphatic carbocycles. The monoisotopic (exact) mass is 264 g/mol. The zero-order valence-corrected chi connectivity index (χ0v) is 12.1. The number of ether oxygens (including phenoxy) is 2. The van der Waals surface area contributed by atoms with Crippen LogP contribution in [0.2, 0.25) is 0 Å². The Balaban J connectivity index is 2.05. The van der Waals surface area contributed by atoms with E-state index in [0.29, 0.717) is 5.92 Å². The van der Waals surface area contributed by atoms with Crippen LogP contribution >= 0.6 is 0 Å². The number of rotatable bonds is 5. The Hall–Kier alpha value is -1.42. The summed E-state index contributed by atoms with van der Waals surface area (Å²) in [6.45, 7) is 5.24. The summed E-state index contributed by atoms with van der Waals surface area (Å²) in [7, 11) is 3.40. The fourth-order valence-electron chi connectivity index (χ4n) is 2.54. The van der Waals surface area contributed by atoms with E-state index in [2.05, 4.69) is 10.6 Å². The lowest BCUT2D eigenvalue weighted by Gasteiger charge is -2.24. The van der Waals surface area contributed by atoms with Gasteiger partial charge in [0.05, 0.1) is 19.9 Å². The molecule has 1 saturated heterocycles. The van der Waals surface area contributed by atoms with E-state index in [1.54, 1.807) is 14.2 Å². The lowest BCUT2D eigenvalue weighted by atomic mass is 9.99. The molecule has 4 heteroatoms. The van der Waals surface area contributed by atoms with Crippen LogP contribution in [0.15, 0.2) is 12.1 Å². The summed E-state index contributed by atoms with van der Waals surface area (Å²) >= 11 is 0. The van der Waals surface area contributed by atoms with Crippen molar-refractivity contribution in [3.05, 3.63) is 17.7 Å². The zero-order chi connectivity index (χ0) is 13.7. The first-order valence-corrected chi connectivity index (χ1v) is 6.91. The number of nitrogens with one attached hydrogen (secondary N) is 2. The van der Waals surface area contributed by atoms with Gasteiger partial charge in [-0.2, -0.15) is 0 Å². The molecule has 1 fully saturated rings. The third-order valence-electron chi connectivity index (χ3n) is 3.70. The van der Waals surface area contributed by atoms with E-state index in [1.165, 1.54) is 12.8 Å². The molecule has 0 aromatic heterocycles. The van der Waals surface area contributed by atoms with Gasteiger partial charge in [-0.05, 0) is 50.4 Å². The molecular weight excluding hydrogens is 240 g/mol. The van der Waals surface area contributed by atoms with E-state index >= 15 is 0 Å². The molecule has 1 atom stereocenters. The topological polar surface area (TPSA) is 42.5 Å². The van der Waals surface area contributed by atoms with Gasteiger partial charge < -0.3 is 20.1 Å². The Morgan fingerprint density at radius 1 is 1.26 bits per heavy atom. The van der Waals surface area contributed by atoms with E-state index < -0.39 is 0 Å². The summed E-state index contributed by atoms with van der Waals surface area (Å²) in [6.07, 6.45) is 2.55. The van der Waals surface area contributed by atoms with Gasteiger partial charge in [0.15, 0.2) is 0 Å². The molecule has 1 aromatic rings. The maximum atomic E-state index is 5.43. The number of aryl methyl sites for hydroxylation is 1. The predicted octanol–water partition coefficient (Wildman–Crippen LogP) is 2.42. The lowest BCUT2D eigenvalue weighted by molar-refractivity contribution is 0.389. The van der Waals surface area contributed by atoms with Crippen LogP contribution in [0.4, 0.5) is 5.69 Å². The quantitative estimate of drug-likeness (QED) is 0.857. The van der Waals surface area contributed by atoms with Crippen molar-refractivity contribution in [1.29, 1.82) is 0 Å². The largest absolute Gasteiger partial charge is 0.496 e. The van der Waals surface area contributed by atoms with E-state index in [1.807, 2.05) is 19.1 Å². The molecule has 0 saturated carbocycles. The summed E-state index contributed by atoms with van der Waals surface area (Å²) < 4.78 is 10.8. The second-order valence-electron chi connectivity index (χ2n) is 5.12. The van der Waals surface area contributed by atoms with E-state index in [4.69, 9.17) is 9.47 Å². The van der Waals surface area contributed by atoms with Crippen LogP contribution in [-0.2, 0) is 0 Å². The summed E-state index contributed by atoms with van der Waals surface area (Å²) in [6, 6.07) is 4.03. The second kappa shape index (κ2) is 6.66. The van der Waals surface area contributed by atoms with Crippen molar-refractivity contribution >= 4 is 5.69 Å². The van der Waals surface area contributed by atoms with Crippen molar-refractivity contribution in [1.82, 2.24) is 5.32 Å². The Bertz CT molecular complexity index is 415. The van der Waals surface area contributed by atoms with Crippen molar-refractivity contribution in [2.24, 2.45) is 5.92 Å². The fraction of sp³-hybridized carbons (Fsp3) is 0.600. The first kappa shape index (κ1) is 14.0. The van der Waals surface area contributed by atoms with Crippen LogP contribution in [0.3, 0.4) is 0 Å². The Labute approximate surface area is 115 Å².